The lowest BCUT2D eigenvalue weighted by Crippen LogP contribution is -2.53. The Bertz CT molecular complexity index is 1290. The summed E-state index contributed by atoms with van der Waals surface area (Å²) in [4.78, 5) is 19.7. The number of aryl methyl sites for hydroxylation is 2. The zero-order valence-electron chi connectivity index (χ0n) is 17.8. The number of para-hydroxylation sites is 1. The normalized spacial score (nSPS) is 19.4. The van der Waals surface area contributed by atoms with Gasteiger partial charge in [-0.05, 0) is 43.7 Å². The highest BCUT2D eigenvalue weighted by Crippen LogP contribution is 2.30. The van der Waals surface area contributed by atoms with Crippen molar-refractivity contribution in [1.82, 2.24) is 19.0 Å². The fraction of sp³-hybridized carbons (Fsp3) is 0.333. The summed E-state index contributed by atoms with van der Waals surface area (Å²) in [5, 5.41) is 11.0. The predicted molar refractivity (Wildman–Crippen MR) is 122 cm³/mol. The maximum absolute atomic E-state index is 13.0. The predicted octanol–water partition coefficient (Wildman–Crippen LogP) is 2.75. The minimum absolute atomic E-state index is 0.0703. The smallest absolute Gasteiger partial charge is 0.253 e. The zero-order valence-corrected chi connectivity index (χ0v) is 17.8. The van der Waals surface area contributed by atoms with Crippen molar-refractivity contribution in [2.75, 3.05) is 13.1 Å². The molecule has 7 heteroatoms. The Kier molecular flexibility index (Phi) is 4.79. The van der Waals surface area contributed by atoms with Crippen molar-refractivity contribution in [3.8, 4) is 11.5 Å². The van der Waals surface area contributed by atoms with E-state index in [0.29, 0.717) is 25.1 Å². The SMILES string of the molecule is CCn1c(-c2nc3cc(C(=O)N4CC[C@@H](O)[C@@H](N)C4)ccc3n2C)cc2ccccc21. The fourth-order valence-corrected chi connectivity index (χ4v) is 4.63. The minimum atomic E-state index is -0.546. The van der Waals surface area contributed by atoms with Crippen LogP contribution in [0.25, 0.3) is 33.5 Å². The number of benzene rings is 2. The second-order valence-corrected chi connectivity index (χ2v) is 8.30. The van der Waals surface area contributed by atoms with Crippen LogP contribution in [0.5, 0.6) is 0 Å². The zero-order chi connectivity index (χ0) is 21.7. The molecule has 0 aliphatic carbocycles. The summed E-state index contributed by atoms with van der Waals surface area (Å²) in [6, 6.07) is 15.8. The summed E-state index contributed by atoms with van der Waals surface area (Å²) < 4.78 is 4.35. The molecular formula is C24H27N5O2. The number of fused-ring (bicyclic) bond motifs is 2. The number of likely N-dealkylation sites (tertiary alicyclic amines) is 1. The van der Waals surface area contributed by atoms with Gasteiger partial charge in [0.1, 0.15) is 0 Å². The van der Waals surface area contributed by atoms with Crippen molar-refractivity contribution in [3.05, 3.63) is 54.1 Å². The van der Waals surface area contributed by atoms with Gasteiger partial charge in [-0.15, -0.1) is 0 Å². The summed E-state index contributed by atoms with van der Waals surface area (Å²) in [5.74, 6) is 0.805. The lowest BCUT2D eigenvalue weighted by atomic mass is 10.0. The third-order valence-electron chi connectivity index (χ3n) is 6.39. The monoisotopic (exact) mass is 417 g/mol. The molecule has 2 aromatic heterocycles. The van der Waals surface area contributed by atoms with E-state index in [2.05, 4.69) is 40.3 Å². The lowest BCUT2D eigenvalue weighted by Gasteiger charge is -2.34. The largest absolute Gasteiger partial charge is 0.391 e. The number of carbonyl (C=O) groups excluding carboxylic acids is 1. The van der Waals surface area contributed by atoms with Crippen LogP contribution in [0.1, 0.15) is 23.7 Å². The molecule has 0 radical (unpaired) electrons. The van der Waals surface area contributed by atoms with E-state index >= 15 is 0 Å². The number of carbonyl (C=O) groups is 1. The summed E-state index contributed by atoms with van der Waals surface area (Å²) >= 11 is 0. The topological polar surface area (TPSA) is 89.3 Å². The number of aliphatic hydroxyl groups excluding tert-OH is 1. The molecule has 0 spiro atoms. The number of hydrogen-bond donors (Lipinski definition) is 2. The number of imidazole rings is 1. The van der Waals surface area contributed by atoms with Crippen LogP contribution >= 0.6 is 0 Å². The molecule has 3 N–H and O–H groups in total. The number of nitrogens with zero attached hydrogens (tertiary/aromatic N) is 4. The van der Waals surface area contributed by atoms with Gasteiger partial charge in [0.05, 0.1) is 22.8 Å². The molecule has 0 bridgehead atoms. The summed E-state index contributed by atoms with van der Waals surface area (Å²) in [6.45, 7) is 3.85. The molecule has 31 heavy (non-hydrogen) atoms. The van der Waals surface area contributed by atoms with Crippen LogP contribution < -0.4 is 5.73 Å². The fourth-order valence-electron chi connectivity index (χ4n) is 4.63. The van der Waals surface area contributed by atoms with Gasteiger partial charge in [0.25, 0.3) is 5.91 Å². The lowest BCUT2D eigenvalue weighted by molar-refractivity contribution is 0.0459. The Morgan fingerprint density at radius 2 is 2.00 bits per heavy atom. The molecule has 0 unspecified atom stereocenters. The van der Waals surface area contributed by atoms with Crippen LogP contribution in [0.3, 0.4) is 0 Å². The molecule has 1 amide bonds. The third kappa shape index (κ3) is 3.21. The minimum Gasteiger partial charge on any atom is -0.391 e. The van der Waals surface area contributed by atoms with Gasteiger partial charge in [-0.3, -0.25) is 4.79 Å². The Hall–Kier alpha value is -3.16. The quantitative estimate of drug-likeness (QED) is 0.536. The third-order valence-corrected chi connectivity index (χ3v) is 6.39. The molecule has 7 nitrogen and oxygen atoms in total. The van der Waals surface area contributed by atoms with Crippen LogP contribution in [-0.4, -0.2) is 55.3 Å². The molecule has 0 saturated carbocycles. The molecule has 3 heterocycles. The first-order chi connectivity index (χ1) is 15.0. The second-order valence-electron chi connectivity index (χ2n) is 8.30. The summed E-state index contributed by atoms with van der Waals surface area (Å²) in [7, 11) is 2.01. The molecule has 4 aromatic rings. The molecule has 2 atom stereocenters. The highest BCUT2D eigenvalue weighted by atomic mass is 16.3. The average molecular weight is 418 g/mol. The maximum atomic E-state index is 13.0. The Morgan fingerprint density at radius 3 is 2.77 bits per heavy atom. The van der Waals surface area contributed by atoms with Gasteiger partial charge < -0.3 is 24.9 Å². The number of piperidine rings is 1. The van der Waals surface area contributed by atoms with Gasteiger partial charge >= 0.3 is 0 Å². The molecule has 2 aromatic carbocycles. The standard InChI is InChI=1S/C24H27N5O2/c1-3-29-19-7-5-4-6-15(19)13-21(29)23-26-18-12-16(8-9-20(18)27(23)2)24(31)28-11-10-22(30)17(25)14-28/h4-9,12-13,17,22,30H,3,10-11,14,25H2,1-2H3/t17-,22+/m0/s1. The van der Waals surface area contributed by atoms with Gasteiger partial charge in [-0.2, -0.15) is 0 Å². The Labute approximate surface area is 180 Å². The van der Waals surface area contributed by atoms with Gasteiger partial charge in [0.15, 0.2) is 5.82 Å². The van der Waals surface area contributed by atoms with E-state index in [9.17, 15) is 9.90 Å². The van der Waals surface area contributed by atoms with E-state index in [-0.39, 0.29) is 5.91 Å². The van der Waals surface area contributed by atoms with Crippen molar-refractivity contribution < 1.29 is 9.90 Å². The number of nitrogens with two attached hydrogens (primary N) is 1. The molecule has 1 saturated heterocycles. The molecule has 5 rings (SSSR count). The van der Waals surface area contributed by atoms with Crippen molar-refractivity contribution >= 4 is 27.8 Å². The second kappa shape index (κ2) is 7.51. The van der Waals surface area contributed by atoms with Gasteiger partial charge in [0, 0.05) is 49.2 Å². The van der Waals surface area contributed by atoms with Gasteiger partial charge in [-0.25, -0.2) is 4.98 Å². The average Bonchev–Trinajstić information content (AvgIpc) is 3.32. The number of hydrogen-bond acceptors (Lipinski definition) is 4. The molecule has 1 aliphatic heterocycles. The van der Waals surface area contributed by atoms with E-state index in [1.165, 1.54) is 10.9 Å². The van der Waals surface area contributed by atoms with E-state index in [1.54, 1.807) is 4.90 Å². The number of aliphatic hydroxyl groups is 1. The first-order valence-electron chi connectivity index (χ1n) is 10.8. The molecule has 1 fully saturated rings. The Balaban J connectivity index is 1.54. The number of amides is 1. The van der Waals surface area contributed by atoms with Crippen molar-refractivity contribution in [2.45, 2.75) is 32.0 Å². The molecule has 160 valence electrons. The van der Waals surface area contributed by atoms with Crippen molar-refractivity contribution in [1.29, 1.82) is 0 Å². The summed E-state index contributed by atoms with van der Waals surface area (Å²) in [5.41, 5.74) is 10.6. The number of aromatic nitrogens is 3. The van der Waals surface area contributed by atoms with Crippen LogP contribution in [0.2, 0.25) is 0 Å². The van der Waals surface area contributed by atoms with Crippen LogP contribution in [0, 0.1) is 0 Å². The highest BCUT2D eigenvalue weighted by Gasteiger charge is 2.28. The Morgan fingerprint density at radius 1 is 1.19 bits per heavy atom. The van der Waals surface area contributed by atoms with Gasteiger partial charge in [-0.1, -0.05) is 18.2 Å². The van der Waals surface area contributed by atoms with E-state index < -0.39 is 12.1 Å². The van der Waals surface area contributed by atoms with Crippen LogP contribution in [0.15, 0.2) is 48.5 Å². The van der Waals surface area contributed by atoms with Crippen LogP contribution in [-0.2, 0) is 13.6 Å². The van der Waals surface area contributed by atoms with Crippen molar-refractivity contribution in [3.63, 3.8) is 0 Å². The maximum Gasteiger partial charge on any atom is 0.253 e. The highest BCUT2D eigenvalue weighted by molar-refractivity contribution is 5.98. The molecular weight excluding hydrogens is 390 g/mol. The molecule has 1 aliphatic rings. The van der Waals surface area contributed by atoms with E-state index in [1.807, 2.05) is 31.3 Å². The van der Waals surface area contributed by atoms with E-state index in [0.717, 1.165) is 29.1 Å². The first-order valence-corrected chi connectivity index (χ1v) is 10.8. The summed E-state index contributed by atoms with van der Waals surface area (Å²) in [6.07, 6.45) is -0.0417. The van der Waals surface area contributed by atoms with Crippen LogP contribution in [0.4, 0.5) is 0 Å². The van der Waals surface area contributed by atoms with Gasteiger partial charge in [0.2, 0.25) is 0 Å². The number of rotatable bonds is 3. The first kappa shape index (κ1) is 19.8. The van der Waals surface area contributed by atoms with Crippen molar-refractivity contribution in [2.24, 2.45) is 12.8 Å². The van der Waals surface area contributed by atoms with E-state index in [4.69, 9.17) is 10.7 Å².